The Morgan fingerprint density at radius 2 is 1.83 bits per heavy atom. The Kier molecular flexibility index (Phi) is 3.95. The van der Waals surface area contributed by atoms with Crippen molar-refractivity contribution in [2.45, 2.75) is 13.3 Å². The van der Waals surface area contributed by atoms with Crippen molar-refractivity contribution in [3.63, 3.8) is 0 Å². The maximum atomic E-state index is 10.9. The van der Waals surface area contributed by atoms with E-state index in [1.54, 1.807) is 6.92 Å². The number of Topliss-reactive ketones (excluding diaryl/α,β-unsaturated/α-hetero) is 1. The van der Waals surface area contributed by atoms with Crippen molar-refractivity contribution in [3.8, 4) is 0 Å². The lowest BCUT2D eigenvalue weighted by Crippen LogP contribution is -2.00. The number of ketones is 1. The lowest BCUT2D eigenvalue weighted by Gasteiger charge is -2.03. The molecule has 12 heavy (non-hydrogen) atoms. The number of halogens is 2. The molecule has 0 fully saturated rings. The third-order valence-corrected chi connectivity index (χ3v) is 3.51. The van der Waals surface area contributed by atoms with Gasteiger partial charge < -0.3 is 0 Å². The van der Waals surface area contributed by atoms with Gasteiger partial charge >= 0.3 is 0 Å². The minimum absolute atomic E-state index is 0.219. The van der Waals surface area contributed by atoms with E-state index >= 15 is 0 Å². The Hall–Kier alpha value is 0.350. The molecule has 0 spiro atoms. The van der Waals surface area contributed by atoms with Gasteiger partial charge in [-0.05, 0) is 69.8 Å². The number of carbonyl (C=O) groups excluding carboxylic acids is 1. The van der Waals surface area contributed by atoms with Gasteiger partial charge in [0.15, 0.2) is 0 Å². The van der Waals surface area contributed by atoms with Crippen molar-refractivity contribution in [3.05, 3.63) is 30.9 Å². The monoisotopic (exact) mass is 386 g/mol. The molecule has 0 aliphatic carbocycles. The fourth-order valence-electron chi connectivity index (χ4n) is 0.950. The Labute approximate surface area is 99.2 Å². The van der Waals surface area contributed by atoms with E-state index in [9.17, 15) is 4.79 Å². The summed E-state index contributed by atoms with van der Waals surface area (Å²) >= 11 is 4.52. The molecular formula is C9H8I2O. The average Bonchev–Trinajstić information content (AvgIpc) is 1.97. The zero-order valence-corrected chi connectivity index (χ0v) is 10.9. The van der Waals surface area contributed by atoms with E-state index in [4.69, 9.17) is 0 Å². The summed E-state index contributed by atoms with van der Waals surface area (Å²) in [5.41, 5.74) is 1.16. The minimum atomic E-state index is 0.219. The molecular weight excluding hydrogens is 378 g/mol. The first-order chi connectivity index (χ1) is 5.61. The topological polar surface area (TPSA) is 17.1 Å². The van der Waals surface area contributed by atoms with Crippen molar-refractivity contribution in [2.75, 3.05) is 0 Å². The standard InChI is InChI=1S/C9H8I2O/c1-6(12)5-7-8(10)3-2-4-9(7)11/h2-4H,5H2,1H3. The Morgan fingerprint density at radius 1 is 1.33 bits per heavy atom. The molecule has 1 aromatic rings. The summed E-state index contributed by atoms with van der Waals surface area (Å²) in [5, 5.41) is 0. The molecule has 1 rings (SSSR count). The van der Waals surface area contributed by atoms with Crippen LogP contribution in [0.25, 0.3) is 0 Å². The lowest BCUT2D eigenvalue weighted by atomic mass is 10.1. The summed E-state index contributed by atoms with van der Waals surface area (Å²) in [4.78, 5) is 10.9. The first-order valence-corrected chi connectivity index (χ1v) is 5.69. The number of benzene rings is 1. The maximum Gasteiger partial charge on any atom is 0.134 e. The predicted molar refractivity (Wildman–Crippen MR) is 66.3 cm³/mol. The number of hydrogen-bond acceptors (Lipinski definition) is 1. The Morgan fingerprint density at radius 3 is 2.25 bits per heavy atom. The van der Waals surface area contributed by atoms with Crippen molar-refractivity contribution in [1.82, 2.24) is 0 Å². The molecule has 0 saturated heterocycles. The van der Waals surface area contributed by atoms with E-state index in [2.05, 4.69) is 45.2 Å². The number of hydrogen-bond donors (Lipinski definition) is 0. The molecule has 0 radical (unpaired) electrons. The van der Waals surface area contributed by atoms with Crippen LogP contribution in [0.5, 0.6) is 0 Å². The summed E-state index contributed by atoms with van der Waals surface area (Å²) < 4.78 is 2.35. The van der Waals surface area contributed by atoms with Gasteiger partial charge in [0.25, 0.3) is 0 Å². The normalized spacial score (nSPS) is 9.92. The molecule has 0 amide bonds. The van der Waals surface area contributed by atoms with Crippen LogP contribution in [0.2, 0.25) is 0 Å². The molecule has 0 aliphatic heterocycles. The largest absolute Gasteiger partial charge is 0.300 e. The van der Waals surface area contributed by atoms with Crippen LogP contribution in [0.15, 0.2) is 18.2 Å². The molecule has 0 heterocycles. The molecule has 3 heteroatoms. The first kappa shape index (κ1) is 10.4. The molecule has 1 aromatic carbocycles. The number of rotatable bonds is 2. The summed E-state index contributed by atoms with van der Waals surface area (Å²) in [6.07, 6.45) is 0.553. The van der Waals surface area contributed by atoms with Crippen LogP contribution in [0, 0.1) is 7.14 Å². The predicted octanol–water partition coefficient (Wildman–Crippen LogP) is 3.03. The second kappa shape index (κ2) is 4.55. The van der Waals surface area contributed by atoms with Gasteiger partial charge in [-0.2, -0.15) is 0 Å². The molecule has 0 bridgehead atoms. The third kappa shape index (κ3) is 2.69. The van der Waals surface area contributed by atoms with Crippen LogP contribution in [0.4, 0.5) is 0 Å². The van der Waals surface area contributed by atoms with Crippen LogP contribution in [-0.2, 0) is 11.2 Å². The zero-order chi connectivity index (χ0) is 9.14. The SMILES string of the molecule is CC(=O)Cc1c(I)cccc1I. The van der Waals surface area contributed by atoms with Crippen LogP contribution in [0.3, 0.4) is 0 Å². The fraction of sp³-hybridized carbons (Fsp3) is 0.222. The summed E-state index contributed by atoms with van der Waals surface area (Å²) in [5.74, 6) is 0.219. The number of carbonyl (C=O) groups is 1. The highest BCUT2D eigenvalue weighted by Crippen LogP contribution is 2.19. The third-order valence-electron chi connectivity index (χ3n) is 1.49. The molecule has 1 nitrogen and oxygen atoms in total. The summed E-state index contributed by atoms with van der Waals surface area (Å²) in [6, 6.07) is 6.06. The van der Waals surface area contributed by atoms with Gasteiger partial charge in [-0.3, -0.25) is 4.79 Å². The van der Waals surface area contributed by atoms with Gasteiger partial charge in [0.05, 0.1) is 0 Å². The van der Waals surface area contributed by atoms with Crippen molar-refractivity contribution < 1.29 is 4.79 Å². The van der Waals surface area contributed by atoms with Crippen LogP contribution in [0.1, 0.15) is 12.5 Å². The van der Waals surface area contributed by atoms with Crippen molar-refractivity contribution in [2.24, 2.45) is 0 Å². The van der Waals surface area contributed by atoms with Gasteiger partial charge in [0, 0.05) is 13.6 Å². The van der Waals surface area contributed by atoms with Gasteiger partial charge in [-0.1, -0.05) is 6.07 Å². The maximum absolute atomic E-state index is 10.9. The highest BCUT2D eigenvalue weighted by molar-refractivity contribution is 14.1. The molecule has 64 valence electrons. The summed E-state index contributed by atoms with van der Waals surface area (Å²) in [6.45, 7) is 1.62. The van der Waals surface area contributed by atoms with E-state index in [1.165, 1.54) is 7.14 Å². The quantitative estimate of drug-likeness (QED) is 0.715. The fourth-order valence-corrected chi connectivity index (χ4v) is 2.84. The van der Waals surface area contributed by atoms with Crippen LogP contribution < -0.4 is 0 Å². The smallest absolute Gasteiger partial charge is 0.134 e. The second-order valence-corrected chi connectivity index (χ2v) is 4.90. The highest BCUT2D eigenvalue weighted by atomic mass is 127. The van der Waals surface area contributed by atoms with E-state index in [0.29, 0.717) is 6.42 Å². The highest BCUT2D eigenvalue weighted by Gasteiger charge is 2.05. The van der Waals surface area contributed by atoms with Gasteiger partial charge in [-0.15, -0.1) is 0 Å². The molecule has 0 atom stereocenters. The van der Waals surface area contributed by atoms with Crippen molar-refractivity contribution in [1.29, 1.82) is 0 Å². The molecule has 0 aromatic heterocycles. The summed E-state index contributed by atoms with van der Waals surface area (Å²) in [7, 11) is 0. The zero-order valence-electron chi connectivity index (χ0n) is 6.60. The first-order valence-electron chi connectivity index (χ1n) is 3.53. The van der Waals surface area contributed by atoms with E-state index in [0.717, 1.165) is 5.56 Å². The average molecular weight is 386 g/mol. The van der Waals surface area contributed by atoms with Crippen LogP contribution in [-0.4, -0.2) is 5.78 Å². The van der Waals surface area contributed by atoms with E-state index in [1.807, 2.05) is 18.2 Å². The van der Waals surface area contributed by atoms with E-state index in [-0.39, 0.29) is 5.78 Å². The second-order valence-electron chi connectivity index (χ2n) is 2.58. The molecule has 0 unspecified atom stereocenters. The van der Waals surface area contributed by atoms with Gasteiger partial charge in [-0.25, -0.2) is 0 Å². The molecule has 0 saturated carbocycles. The van der Waals surface area contributed by atoms with Crippen molar-refractivity contribution >= 4 is 51.0 Å². The molecule has 0 aliphatic rings. The van der Waals surface area contributed by atoms with Gasteiger partial charge in [0.1, 0.15) is 5.78 Å². The van der Waals surface area contributed by atoms with Gasteiger partial charge in [0.2, 0.25) is 0 Å². The Balaban J connectivity index is 3.04. The Bertz CT molecular complexity index is 287. The van der Waals surface area contributed by atoms with E-state index < -0.39 is 0 Å². The van der Waals surface area contributed by atoms with Crippen LogP contribution >= 0.6 is 45.2 Å². The molecule has 0 N–H and O–H groups in total. The minimum Gasteiger partial charge on any atom is -0.300 e. The lowest BCUT2D eigenvalue weighted by molar-refractivity contribution is -0.116.